The Balaban J connectivity index is 1.40. The summed E-state index contributed by atoms with van der Waals surface area (Å²) in [5.74, 6) is 1.73. The van der Waals surface area contributed by atoms with Crippen molar-refractivity contribution in [1.29, 1.82) is 0 Å². The number of hydrogen-bond acceptors (Lipinski definition) is 9. The Hall–Kier alpha value is -4.86. The van der Waals surface area contributed by atoms with E-state index in [4.69, 9.17) is 29.1 Å². The van der Waals surface area contributed by atoms with Crippen LogP contribution in [0.4, 0.5) is 5.69 Å². The van der Waals surface area contributed by atoms with Crippen molar-refractivity contribution in [2.75, 3.05) is 26.1 Å². The number of anilines is 1. The number of carbonyl (C=O) groups excluding carboxylic acids is 1. The molecule has 0 aliphatic carbocycles. The molecule has 0 bridgehead atoms. The summed E-state index contributed by atoms with van der Waals surface area (Å²) >= 11 is 0. The van der Waals surface area contributed by atoms with E-state index >= 15 is 0 Å². The van der Waals surface area contributed by atoms with Gasteiger partial charge in [-0.1, -0.05) is 36.4 Å². The fourth-order valence-electron chi connectivity index (χ4n) is 4.98. The number of ether oxygens (including phenoxy) is 4. The second-order valence-electron chi connectivity index (χ2n) is 10.5. The zero-order valence-electron chi connectivity index (χ0n) is 25.2. The standard InChI is InChI=1S/C35H37N3O6/c1-23(21-40-2)43-34(39)15-27-8-4-5-10-33(27)42-22-25-12-28-14-31(20-38-29-16-30(41-3)19-37-18-29)44-35(28)32(13-25)26-9-6-7-24(11-26)17-36/h4-14,16,18-19,23,38H,15,17,20-22,36H2,1-3H3. The van der Waals surface area contributed by atoms with Gasteiger partial charge in [-0.15, -0.1) is 0 Å². The largest absolute Gasteiger partial charge is 0.495 e. The lowest BCUT2D eigenvalue weighted by Crippen LogP contribution is -2.21. The molecule has 0 aliphatic rings. The maximum Gasteiger partial charge on any atom is 0.310 e. The van der Waals surface area contributed by atoms with Crippen molar-refractivity contribution in [3.63, 3.8) is 0 Å². The van der Waals surface area contributed by atoms with E-state index in [1.807, 2.05) is 54.6 Å². The zero-order valence-corrected chi connectivity index (χ0v) is 25.2. The Kier molecular flexibility index (Phi) is 10.1. The molecular weight excluding hydrogens is 558 g/mol. The van der Waals surface area contributed by atoms with Crippen LogP contribution in [0, 0.1) is 0 Å². The van der Waals surface area contributed by atoms with E-state index in [9.17, 15) is 4.79 Å². The van der Waals surface area contributed by atoms with Gasteiger partial charge in [0, 0.05) is 36.2 Å². The average molecular weight is 596 g/mol. The quantitative estimate of drug-likeness (QED) is 0.143. The maximum absolute atomic E-state index is 12.5. The predicted octanol–water partition coefficient (Wildman–Crippen LogP) is 6.27. The lowest BCUT2D eigenvalue weighted by molar-refractivity contribution is -0.149. The molecule has 2 aromatic heterocycles. The molecule has 0 saturated heterocycles. The summed E-state index contributed by atoms with van der Waals surface area (Å²) in [5, 5.41) is 4.30. The number of furan rings is 1. The Labute approximate surface area is 256 Å². The molecule has 0 aliphatic heterocycles. The Bertz CT molecular complexity index is 1720. The second-order valence-corrected chi connectivity index (χ2v) is 10.5. The van der Waals surface area contributed by atoms with Gasteiger partial charge in [0.2, 0.25) is 0 Å². The van der Waals surface area contributed by atoms with E-state index in [-0.39, 0.29) is 18.5 Å². The summed E-state index contributed by atoms with van der Waals surface area (Å²) < 4.78 is 28.5. The number of pyridine rings is 1. The third kappa shape index (κ3) is 7.75. The van der Waals surface area contributed by atoms with Crippen molar-refractivity contribution in [3.05, 3.63) is 108 Å². The molecule has 5 aromatic rings. The van der Waals surface area contributed by atoms with Gasteiger partial charge in [-0.2, -0.15) is 0 Å². The molecule has 0 saturated carbocycles. The first-order chi connectivity index (χ1) is 21.4. The number of nitrogens with zero attached hydrogens (tertiary/aromatic N) is 1. The first-order valence-corrected chi connectivity index (χ1v) is 14.4. The van der Waals surface area contributed by atoms with Crippen LogP contribution in [0.25, 0.3) is 22.1 Å². The molecule has 0 radical (unpaired) electrons. The Morgan fingerprint density at radius 1 is 1.00 bits per heavy atom. The van der Waals surface area contributed by atoms with Crippen molar-refractivity contribution >= 4 is 22.6 Å². The highest BCUT2D eigenvalue weighted by Crippen LogP contribution is 2.34. The lowest BCUT2D eigenvalue weighted by Gasteiger charge is -2.15. The number of para-hydroxylation sites is 1. The van der Waals surface area contributed by atoms with Gasteiger partial charge in [0.05, 0.1) is 44.8 Å². The third-order valence-corrected chi connectivity index (χ3v) is 7.05. The molecule has 3 N–H and O–H groups in total. The zero-order chi connectivity index (χ0) is 30.9. The topological polar surface area (TPSA) is 118 Å². The van der Waals surface area contributed by atoms with Gasteiger partial charge in [0.25, 0.3) is 0 Å². The van der Waals surface area contributed by atoms with Crippen LogP contribution in [0.2, 0.25) is 0 Å². The van der Waals surface area contributed by atoms with E-state index in [0.717, 1.165) is 50.2 Å². The van der Waals surface area contributed by atoms with Crippen LogP contribution < -0.4 is 20.5 Å². The first-order valence-electron chi connectivity index (χ1n) is 14.4. The summed E-state index contributed by atoms with van der Waals surface area (Å²) in [6.45, 7) is 3.33. The number of nitrogens with one attached hydrogen (secondary N) is 1. The minimum absolute atomic E-state index is 0.0985. The molecule has 2 heterocycles. The third-order valence-electron chi connectivity index (χ3n) is 7.05. The van der Waals surface area contributed by atoms with Crippen molar-refractivity contribution in [3.8, 4) is 22.6 Å². The molecule has 9 heteroatoms. The van der Waals surface area contributed by atoms with Crippen molar-refractivity contribution in [1.82, 2.24) is 4.98 Å². The van der Waals surface area contributed by atoms with Gasteiger partial charge in [-0.05, 0) is 53.9 Å². The number of nitrogens with two attached hydrogens (primary N) is 1. The highest BCUT2D eigenvalue weighted by molar-refractivity contribution is 5.93. The van der Waals surface area contributed by atoms with Crippen LogP contribution in [-0.4, -0.2) is 37.9 Å². The van der Waals surface area contributed by atoms with Crippen molar-refractivity contribution in [2.45, 2.75) is 39.1 Å². The van der Waals surface area contributed by atoms with Crippen molar-refractivity contribution in [2.24, 2.45) is 5.73 Å². The van der Waals surface area contributed by atoms with Gasteiger partial charge < -0.3 is 34.4 Å². The van der Waals surface area contributed by atoms with E-state index < -0.39 is 0 Å². The number of aromatic nitrogens is 1. The number of benzene rings is 3. The summed E-state index contributed by atoms with van der Waals surface area (Å²) in [6, 6.07) is 23.7. The number of esters is 1. The molecule has 9 nitrogen and oxygen atoms in total. The molecule has 0 spiro atoms. The molecule has 0 amide bonds. The van der Waals surface area contributed by atoms with Crippen LogP contribution in [0.5, 0.6) is 11.5 Å². The molecular formula is C35H37N3O6. The second kappa shape index (κ2) is 14.5. The monoisotopic (exact) mass is 595 g/mol. The van der Waals surface area contributed by atoms with Crippen LogP contribution >= 0.6 is 0 Å². The Morgan fingerprint density at radius 3 is 2.68 bits per heavy atom. The summed E-state index contributed by atoms with van der Waals surface area (Å²) in [6.07, 6.45) is 3.17. The van der Waals surface area contributed by atoms with Gasteiger partial charge in [-0.25, -0.2) is 0 Å². The van der Waals surface area contributed by atoms with Gasteiger partial charge in [0.15, 0.2) is 0 Å². The van der Waals surface area contributed by atoms with Gasteiger partial charge in [-0.3, -0.25) is 9.78 Å². The van der Waals surface area contributed by atoms with E-state index in [0.29, 0.717) is 37.8 Å². The van der Waals surface area contributed by atoms with Gasteiger partial charge >= 0.3 is 5.97 Å². The number of carbonyl (C=O) groups is 1. The van der Waals surface area contributed by atoms with Crippen LogP contribution in [0.15, 0.2) is 89.6 Å². The fraction of sp³-hybridized carbons (Fsp3) is 0.257. The summed E-state index contributed by atoms with van der Waals surface area (Å²) in [7, 11) is 3.19. The van der Waals surface area contributed by atoms with Crippen LogP contribution in [-0.2, 0) is 40.4 Å². The highest BCUT2D eigenvalue weighted by atomic mass is 16.6. The molecule has 0 fully saturated rings. The van der Waals surface area contributed by atoms with E-state index in [1.165, 1.54) is 0 Å². The molecule has 44 heavy (non-hydrogen) atoms. The minimum Gasteiger partial charge on any atom is -0.495 e. The smallest absolute Gasteiger partial charge is 0.310 e. The SMILES string of the molecule is COCC(C)OC(=O)Cc1ccccc1OCc1cc(-c2cccc(CN)c2)c2oc(CNc3cncc(OC)c3)cc2c1. The Morgan fingerprint density at radius 2 is 1.86 bits per heavy atom. The minimum atomic E-state index is -0.335. The maximum atomic E-state index is 12.5. The van der Waals surface area contributed by atoms with Crippen LogP contribution in [0.1, 0.15) is 29.4 Å². The predicted molar refractivity (Wildman–Crippen MR) is 170 cm³/mol. The number of hydrogen-bond donors (Lipinski definition) is 2. The average Bonchev–Trinajstić information content (AvgIpc) is 3.46. The number of rotatable bonds is 14. The molecule has 1 atom stereocenters. The van der Waals surface area contributed by atoms with E-state index in [1.54, 1.807) is 33.5 Å². The molecule has 5 rings (SSSR count). The highest BCUT2D eigenvalue weighted by Gasteiger charge is 2.16. The normalized spacial score (nSPS) is 11.7. The number of fused-ring (bicyclic) bond motifs is 1. The summed E-state index contributed by atoms with van der Waals surface area (Å²) in [4.78, 5) is 16.7. The molecule has 228 valence electrons. The lowest BCUT2D eigenvalue weighted by atomic mass is 9.99. The van der Waals surface area contributed by atoms with Crippen molar-refractivity contribution < 1.29 is 28.2 Å². The van der Waals surface area contributed by atoms with Gasteiger partial charge in [0.1, 0.15) is 35.6 Å². The van der Waals surface area contributed by atoms with E-state index in [2.05, 4.69) is 28.5 Å². The van der Waals surface area contributed by atoms with Crippen LogP contribution in [0.3, 0.4) is 0 Å². The summed E-state index contributed by atoms with van der Waals surface area (Å²) in [5.41, 5.74) is 12.2. The fourth-order valence-corrected chi connectivity index (χ4v) is 4.98. The molecule has 3 aromatic carbocycles. The number of methoxy groups -OCH3 is 2. The first kappa shape index (κ1) is 30.6. The molecule has 1 unspecified atom stereocenters.